The monoisotopic (exact) mass is 354 g/mol. The lowest BCUT2D eigenvalue weighted by atomic mass is 10.1. The Bertz CT molecular complexity index is 889. The van der Waals surface area contributed by atoms with Gasteiger partial charge in [0.05, 0.1) is 5.75 Å². The van der Waals surface area contributed by atoms with E-state index in [0.717, 1.165) is 41.7 Å². The zero-order valence-electron chi connectivity index (χ0n) is 13.6. The average molecular weight is 354 g/mol. The average Bonchev–Trinajstić information content (AvgIpc) is 3.31. The molecule has 0 aliphatic carbocycles. The molecular weight excluding hydrogens is 336 g/mol. The first-order valence-electron chi connectivity index (χ1n) is 8.23. The number of hydrogen-bond acceptors (Lipinski definition) is 5. The molecule has 128 valence electrons. The number of thioether (sulfide) groups is 1. The molecule has 0 radical (unpaired) electrons. The fourth-order valence-electron chi connectivity index (χ4n) is 2.85. The third kappa shape index (κ3) is 3.83. The quantitative estimate of drug-likeness (QED) is 0.685. The Hall–Kier alpha value is -2.38. The molecule has 3 aromatic rings. The summed E-state index contributed by atoms with van der Waals surface area (Å²) in [6.45, 7) is 0.766. The molecule has 2 aromatic carbocycles. The van der Waals surface area contributed by atoms with Crippen LogP contribution in [-0.4, -0.2) is 33.4 Å². The second-order valence-electron chi connectivity index (χ2n) is 5.90. The number of aromatic nitrogens is 3. The molecule has 1 aliphatic heterocycles. The van der Waals surface area contributed by atoms with Crippen LogP contribution in [0.15, 0.2) is 47.6 Å². The van der Waals surface area contributed by atoms with Crippen LogP contribution in [0.5, 0.6) is 0 Å². The third-order valence-corrected chi connectivity index (χ3v) is 4.93. The van der Waals surface area contributed by atoms with Gasteiger partial charge >= 0.3 is 0 Å². The molecule has 0 bridgehead atoms. The second kappa shape index (κ2) is 7.25. The van der Waals surface area contributed by atoms with Crippen molar-refractivity contribution < 1.29 is 9.53 Å². The summed E-state index contributed by atoms with van der Waals surface area (Å²) >= 11 is 1.31. The van der Waals surface area contributed by atoms with Crippen LogP contribution < -0.4 is 5.32 Å². The van der Waals surface area contributed by atoms with Crippen molar-refractivity contribution in [3.63, 3.8) is 0 Å². The topological polar surface area (TPSA) is 79.9 Å². The highest BCUT2D eigenvalue weighted by Crippen LogP contribution is 2.27. The Morgan fingerprint density at radius 3 is 3.00 bits per heavy atom. The SMILES string of the molecule is O=C(CSc1n[nH]c(C2CCCO2)n1)Nc1ccc2ccccc2c1. The van der Waals surface area contributed by atoms with E-state index >= 15 is 0 Å². The van der Waals surface area contributed by atoms with Crippen molar-refractivity contribution >= 4 is 34.1 Å². The lowest BCUT2D eigenvalue weighted by Gasteiger charge is -2.06. The van der Waals surface area contributed by atoms with Gasteiger partial charge in [-0.2, -0.15) is 0 Å². The number of aromatic amines is 1. The fraction of sp³-hybridized carbons (Fsp3) is 0.278. The molecule has 1 fully saturated rings. The molecular formula is C18H18N4O2S. The molecule has 0 spiro atoms. The molecule has 1 aliphatic rings. The van der Waals surface area contributed by atoms with E-state index in [4.69, 9.17) is 4.74 Å². The van der Waals surface area contributed by atoms with Gasteiger partial charge in [-0.3, -0.25) is 9.89 Å². The molecule has 1 aromatic heterocycles. The fourth-order valence-corrected chi connectivity index (χ4v) is 3.46. The molecule has 2 N–H and O–H groups in total. The van der Waals surface area contributed by atoms with Gasteiger partial charge in [0.15, 0.2) is 5.82 Å². The Morgan fingerprint density at radius 2 is 2.16 bits per heavy atom. The number of hydrogen-bond donors (Lipinski definition) is 2. The smallest absolute Gasteiger partial charge is 0.234 e. The van der Waals surface area contributed by atoms with Gasteiger partial charge < -0.3 is 10.1 Å². The molecule has 1 amide bonds. The van der Waals surface area contributed by atoms with Crippen molar-refractivity contribution in [1.29, 1.82) is 0 Å². The highest BCUT2D eigenvalue weighted by molar-refractivity contribution is 7.99. The van der Waals surface area contributed by atoms with Gasteiger partial charge in [-0.25, -0.2) is 4.98 Å². The van der Waals surface area contributed by atoms with E-state index < -0.39 is 0 Å². The predicted molar refractivity (Wildman–Crippen MR) is 97.6 cm³/mol. The molecule has 0 saturated carbocycles. The van der Waals surface area contributed by atoms with Crippen LogP contribution in [0.1, 0.15) is 24.8 Å². The van der Waals surface area contributed by atoms with Crippen LogP contribution in [0.2, 0.25) is 0 Å². The van der Waals surface area contributed by atoms with Crippen LogP contribution in [0.25, 0.3) is 10.8 Å². The summed E-state index contributed by atoms with van der Waals surface area (Å²) in [4.78, 5) is 16.6. The minimum Gasteiger partial charge on any atom is -0.370 e. The molecule has 1 saturated heterocycles. The number of ether oxygens (including phenoxy) is 1. The maximum atomic E-state index is 12.2. The first-order valence-corrected chi connectivity index (χ1v) is 9.22. The predicted octanol–water partition coefficient (Wildman–Crippen LogP) is 3.54. The van der Waals surface area contributed by atoms with E-state index in [0.29, 0.717) is 5.16 Å². The standard InChI is InChI=1S/C18H18N4O2S/c23-16(19-14-8-7-12-4-1-2-5-13(12)10-14)11-25-18-20-17(21-22-18)15-6-3-9-24-15/h1-2,4-5,7-8,10,15H,3,6,9,11H2,(H,19,23)(H,20,21,22). The zero-order valence-corrected chi connectivity index (χ0v) is 14.4. The summed E-state index contributed by atoms with van der Waals surface area (Å²) in [5.41, 5.74) is 0.791. The summed E-state index contributed by atoms with van der Waals surface area (Å²) in [6.07, 6.45) is 2.01. The number of nitrogens with one attached hydrogen (secondary N) is 2. The number of fused-ring (bicyclic) bond motifs is 1. The van der Waals surface area contributed by atoms with Gasteiger partial charge in [-0.05, 0) is 35.7 Å². The Balaban J connectivity index is 1.34. The Labute approximate surface area is 149 Å². The number of rotatable bonds is 5. The Kier molecular flexibility index (Phi) is 4.67. The van der Waals surface area contributed by atoms with Crippen molar-refractivity contribution in [3.05, 3.63) is 48.3 Å². The van der Waals surface area contributed by atoms with Gasteiger partial charge in [0.1, 0.15) is 6.10 Å². The molecule has 1 unspecified atom stereocenters. The minimum absolute atomic E-state index is 0.00766. The number of nitrogens with zero attached hydrogens (tertiary/aromatic N) is 2. The van der Waals surface area contributed by atoms with Crippen molar-refractivity contribution in [2.75, 3.05) is 17.7 Å². The van der Waals surface area contributed by atoms with Gasteiger partial charge in [-0.15, -0.1) is 5.10 Å². The van der Waals surface area contributed by atoms with Crippen molar-refractivity contribution in [2.45, 2.75) is 24.1 Å². The second-order valence-corrected chi connectivity index (χ2v) is 6.85. The van der Waals surface area contributed by atoms with E-state index in [1.807, 2.05) is 42.5 Å². The van der Waals surface area contributed by atoms with Crippen LogP contribution in [-0.2, 0) is 9.53 Å². The third-order valence-electron chi connectivity index (χ3n) is 4.08. The molecule has 6 nitrogen and oxygen atoms in total. The lowest BCUT2D eigenvalue weighted by Crippen LogP contribution is -2.14. The van der Waals surface area contributed by atoms with Crippen molar-refractivity contribution in [1.82, 2.24) is 15.2 Å². The number of anilines is 1. The number of carbonyl (C=O) groups is 1. The van der Waals surface area contributed by atoms with Crippen LogP contribution in [0.4, 0.5) is 5.69 Å². The number of benzene rings is 2. The number of H-pyrrole nitrogens is 1. The Morgan fingerprint density at radius 1 is 1.28 bits per heavy atom. The first kappa shape index (κ1) is 16.1. The van der Waals surface area contributed by atoms with Crippen molar-refractivity contribution in [2.24, 2.45) is 0 Å². The maximum absolute atomic E-state index is 12.2. The van der Waals surface area contributed by atoms with E-state index in [-0.39, 0.29) is 17.8 Å². The van der Waals surface area contributed by atoms with Crippen molar-refractivity contribution in [3.8, 4) is 0 Å². The summed E-state index contributed by atoms with van der Waals surface area (Å²) in [6, 6.07) is 13.9. The summed E-state index contributed by atoms with van der Waals surface area (Å²) in [7, 11) is 0. The molecule has 2 heterocycles. The first-order chi connectivity index (χ1) is 12.3. The van der Waals surface area contributed by atoms with Gasteiger partial charge in [-0.1, -0.05) is 42.1 Å². The largest absolute Gasteiger partial charge is 0.370 e. The van der Waals surface area contributed by atoms with Crippen LogP contribution in [0.3, 0.4) is 0 Å². The van der Waals surface area contributed by atoms with Crippen LogP contribution >= 0.6 is 11.8 Å². The van der Waals surface area contributed by atoms with Gasteiger partial charge in [0.25, 0.3) is 0 Å². The van der Waals surface area contributed by atoms with Gasteiger partial charge in [0.2, 0.25) is 11.1 Å². The minimum atomic E-state index is -0.0799. The molecule has 25 heavy (non-hydrogen) atoms. The van der Waals surface area contributed by atoms with E-state index in [1.54, 1.807) is 0 Å². The normalized spacial score (nSPS) is 17.0. The van der Waals surface area contributed by atoms with Crippen LogP contribution in [0, 0.1) is 0 Å². The maximum Gasteiger partial charge on any atom is 0.234 e. The lowest BCUT2D eigenvalue weighted by molar-refractivity contribution is -0.113. The van der Waals surface area contributed by atoms with E-state index in [1.165, 1.54) is 11.8 Å². The summed E-state index contributed by atoms with van der Waals surface area (Å²) < 4.78 is 5.57. The molecule has 7 heteroatoms. The zero-order chi connectivity index (χ0) is 17.1. The summed E-state index contributed by atoms with van der Waals surface area (Å²) in [5.74, 6) is 0.925. The molecule has 1 atom stereocenters. The van der Waals surface area contributed by atoms with Gasteiger partial charge in [0, 0.05) is 12.3 Å². The number of carbonyl (C=O) groups excluding carboxylic acids is 1. The highest BCUT2D eigenvalue weighted by atomic mass is 32.2. The number of amides is 1. The highest BCUT2D eigenvalue weighted by Gasteiger charge is 2.21. The van der Waals surface area contributed by atoms with E-state index in [9.17, 15) is 4.79 Å². The summed E-state index contributed by atoms with van der Waals surface area (Å²) in [5, 5.41) is 12.8. The molecule has 4 rings (SSSR count). The van der Waals surface area contributed by atoms with E-state index in [2.05, 4.69) is 20.5 Å².